The molecule has 0 amide bonds. The van der Waals surface area contributed by atoms with E-state index < -0.39 is 17.7 Å². The molecule has 0 aromatic carbocycles. The molecule has 0 rings (SSSR count). The lowest BCUT2D eigenvalue weighted by molar-refractivity contribution is -0.389. The van der Waals surface area contributed by atoms with Gasteiger partial charge in [0.25, 0.3) is 0 Å². The Hall–Kier alpha value is -0.610. The van der Waals surface area contributed by atoms with Crippen LogP contribution in [0.3, 0.4) is 0 Å². The molecule has 0 aliphatic rings. The zero-order chi connectivity index (χ0) is 9.07. The smallest absolute Gasteiger partial charge is 0.129 e. The number of hydrogen-bond donors (Lipinski definition) is 0. The average molecular weight is 161 g/mol. The highest BCUT2D eigenvalue weighted by molar-refractivity contribution is 5.69. The van der Waals surface area contributed by atoms with Crippen molar-refractivity contribution in [1.29, 1.82) is 0 Å². The van der Waals surface area contributed by atoms with Gasteiger partial charge < -0.3 is 9.90 Å². The number of carboxylic acid groups (broad SMARTS) is 1. The summed E-state index contributed by atoms with van der Waals surface area (Å²) in [5, 5.41) is 10.1. The molecule has 0 saturated heterocycles. The molecule has 0 aromatic rings. The van der Waals surface area contributed by atoms with E-state index in [2.05, 4.69) is 4.89 Å². The third-order valence-electron chi connectivity index (χ3n) is 0.774. The molecule has 0 radical (unpaired) electrons. The Morgan fingerprint density at radius 1 is 1.45 bits per heavy atom. The normalized spacial score (nSPS) is 14.5. The van der Waals surface area contributed by atoms with Gasteiger partial charge in [0.05, 0.1) is 11.6 Å². The van der Waals surface area contributed by atoms with E-state index in [1.807, 2.05) is 0 Å². The highest BCUT2D eigenvalue weighted by atomic mass is 17.2. The van der Waals surface area contributed by atoms with Crippen LogP contribution >= 0.6 is 0 Å². The van der Waals surface area contributed by atoms with Crippen molar-refractivity contribution < 1.29 is 19.7 Å². The second-order valence-electron chi connectivity index (χ2n) is 3.25. The van der Waals surface area contributed by atoms with E-state index in [1.54, 1.807) is 20.8 Å². The fourth-order valence-corrected chi connectivity index (χ4v) is 0.256. The highest BCUT2D eigenvalue weighted by Crippen LogP contribution is 2.08. The maximum absolute atomic E-state index is 10.1. The van der Waals surface area contributed by atoms with E-state index in [4.69, 9.17) is 4.89 Å². The number of carboxylic acids is 1. The summed E-state index contributed by atoms with van der Waals surface area (Å²) in [5.74, 6) is -1.28. The number of rotatable bonds is 3. The first-order valence-corrected chi connectivity index (χ1v) is 3.38. The number of carbonyl (C=O) groups excluding carboxylic acids is 1. The summed E-state index contributed by atoms with van der Waals surface area (Å²) in [6.45, 7) is 6.63. The molecular formula is C7H13O4-. The number of aliphatic carboxylic acids is 1. The lowest BCUT2D eigenvalue weighted by Crippen LogP contribution is -2.37. The second-order valence-corrected chi connectivity index (χ2v) is 3.25. The van der Waals surface area contributed by atoms with Crippen molar-refractivity contribution in [2.75, 3.05) is 0 Å². The van der Waals surface area contributed by atoms with Crippen molar-refractivity contribution in [3.05, 3.63) is 0 Å². The monoisotopic (exact) mass is 161 g/mol. The van der Waals surface area contributed by atoms with Crippen molar-refractivity contribution in [1.82, 2.24) is 0 Å². The van der Waals surface area contributed by atoms with E-state index >= 15 is 0 Å². The topological polar surface area (TPSA) is 58.6 Å². The van der Waals surface area contributed by atoms with Gasteiger partial charge in [-0.25, -0.2) is 9.78 Å². The minimum absolute atomic E-state index is 0.496. The molecule has 0 saturated carbocycles. The molecule has 4 nitrogen and oxygen atoms in total. The van der Waals surface area contributed by atoms with Crippen LogP contribution in [0.2, 0.25) is 0 Å². The van der Waals surface area contributed by atoms with Crippen LogP contribution in [0.4, 0.5) is 0 Å². The minimum atomic E-state index is -1.28. The molecule has 0 aromatic heterocycles. The lowest BCUT2D eigenvalue weighted by Gasteiger charge is -2.21. The third-order valence-corrected chi connectivity index (χ3v) is 0.774. The summed E-state index contributed by atoms with van der Waals surface area (Å²) in [6.07, 6.45) is -1.03. The number of carbonyl (C=O) groups is 1. The molecule has 0 N–H and O–H groups in total. The Morgan fingerprint density at radius 3 is 2.18 bits per heavy atom. The first-order valence-electron chi connectivity index (χ1n) is 3.38. The Balaban J connectivity index is 3.63. The van der Waals surface area contributed by atoms with Gasteiger partial charge in [-0.05, 0) is 27.7 Å². The van der Waals surface area contributed by atoms with Crippen LogP contribution < -0.4 is 5.11 Å². The Morgan fingerprint density at radius 2 is 1.91 bits per heavy atom. The van der Waals surface area contributed by atoms with Crippen LogP contribution in [0.5, 0.6) is 0 Å². The van der Waals surface area contributed by atoms with Gasteiger partial charge in [0, 0.05) is 0 Å². The average Bonchev–Trinajstić information content (AvgIpc) is 1.80. The maximum atomic E-state index is 10.1. The first kappa shape index (κ1) is 10.4. The molecule has 0 bridgehead atoms. The van der Waals surface area contributed by atoms with Gasteiger partial charge in [-0.1, -0.05) is 0 Å². The lowest BCUT2D eigenvalue weighted by atomic mass is 10.2. The molecule has 0 heterocycles. The fraction of sp³-hybridized carbons (Fsp3) is 0.857. The molecule has 0 fully saturated rings. The first-order chi connectivity index (χ1) is 4.83. The van der Waals surface area contributed by atoms with Crippen molar-refractivity contribution in [2.45, 2.75) is 39.4 Å². The van der Waals surface area contributed by atoms with Crippen molar-refractivity contribution in [2.24, 2.45) is 0 Å². The summed E-state index contributed by atoms with van der Waals surface area (Å²) in [7, 11) is 0. The summed E-state index contributed by atoms with van der Waals surface area (Å²) in [5.41, 5.74) is -0.496. The van der Waals surface area contributed by atoms with Crippen LogP contribution in [-0.2, 0) is 14.6 Å². The summed E-state index contributed by atoms with van der Waals surface area (Å²) in [6, 6.07) is 0. The molecular weight excluding hydrogens is 148 g/mol. The molecule has 4 heteroatoms. The Kier molecular flexibility index (Phi) is 3.48. The molecule has 11 heavy (non-hydrogen) atoms. The van der Waals surface area contributed by atoms with Gasteiger partial charge in [0.15, 0.2) is 0 Å². The molecule has 0 spiro atoms. The quantitative estimate of drug-likeness (QED) is 0.427. The van der Waals surface area contributed by atoms with Crippen LogP contribution in [0.1, 0.15) is 27.7 Å². The molecule has 0 aliphatic carbocycles. The van der Waals surface area contributed by atoms with Crippen molar-refractivity contribution in [3.8, 4) is 0 Å². The summed E-state index contributed by atoms with van der Waals surface area (Å²) in [4.78, 5) is 19.3. The van der Waals surface area contributed by atoms with Crippen LogP contribution in [0.15, 0.2) is 0 Å². The maximum Gasteiger partial charge on any atom is 0.129 e. The van der Waals surface area contributed by atoms with Crippen molar-refractivity contribution >= 4 is 5.97 Å². The largest absolute Gasteiger partial charge is 0.547 e. The predicted molar refractivity (Wildman–Crippen MR) is 36.4 cm³/mol. The van der Waals surface area contributed by atoms with Crippen LogP contribution in [-0.4, -0.2) is 17.7 Å². The summed E-state index contributed by atoms with van der Waals surface area (Å²) < 4.78 is 0. The van der Waals surface area contributed by atoms with Gasteiger partial charge in [0.2, 0.25) is 0 Å². The molecule has 1 unspecified atom stereocenters. The van der Waals surface area contributed by atoms with E-state index in [-0.39, 0.29) is 0 Å². The SMILES string of the molecule is CC(OOC(C)(C)C)C(=O)[O-]. The molecule has 0 aliphatic heterocycles. The van der Waals surface area contributed by atoms with Crippen molar-refractivity contribution in [3.63, 3.8) is 0 Å². The van der Waals surface area contributed by atoms with Crippen LogP contribution in [0, 0.1) is 0 Å². The van der Waals surface area contributed by atoms with E-state index in [0.29, 0.717) is 0 Å². The second kappa shape index (κ2) is 3.69. The summed E-state index contributed by atoms with van der Waals surface area (Å²) >= 11 is 0. The van der Waals surface area contributed by atoms with E-state index in [1.165, 1.54) is 6.92 Å². The zero-order valence-corrected chi connectivity index (χ0v) is 7.21. The van der Waals surface area contributed by atoms with Gasteiger partial charge in [-0.3, -0.25) is 0 Å². The van der Waals surface area contributed by atoms with Gasteiger partial charge in [-0.2, -0.15) is 0 Å². The molecule has 1 atom stereocenters. The predicted octanol–water partition coefficient (Wildman–Crippen LogP) is -0.129. The van der Waals surface area contributed by atoms with E-state index in [9.17, 15) is 9.90 Å². The van der Waals surface area contributed by atoms with Gasteiger partial charge >= 0.3 is 0 Å². The van der Waals surface area contributed by atoms with Gasteiger partial charge in [0.1, 0.15) is 6.10 Å². The standard InChI is InChI=1S/C7H14O4/c1-5(6(8)9)10-11-7(2,3)4/h5H,1-4H3,(H,8,9)/p-1. The fourth-order valence-electron chi connectivity index (χ4n) is 0.256. The zero-order valence-electron chi connectivity index (χ0n) is 7.21. The third kappa shape index (κ3) is 5.82. The van der Waals surface area contributed by atoms with E-state index in [0.717, 1.165) is 0 Å². The minimum Gasteiger partial charge on any atom is -0.547 e. The Labute approximate surface area is 66.0 Å². The van der Waals surface area contributed by atoms with Crippen LogP contribution in [0.25, 0.3) is 0 Å². The molecule has 66 valence electrons. The highest BCUT2D eigenvalue weighted by Gasteiger charge is 2.14. The van der Waals surface area contributed by atoms with Gasteiger partial charge in [-0.15, -0.1) is 0 Å². The Bertz CT molecular complexity index is 136. The number of hydrogen-bond acceptors (Lipinski definition) is 4.